The molecule has 0 radical (unpaired) electrons. The third kappa shape index (κ3) is 5.56. The summed E-state index contributed by atoms with van der Waals surface area (Å²) in [4.78, 5) is 9.45. The minimum atomic E-state index is -3.95. The van der Waals surface area contributed by atoms with Crippen LogP contribution < -0.4 is 5.73 Å². The van der Waals surface area contributed by atoms with Crippen LogP contribution in [0.2, 0.25) is 0 Å². The molecule has 0 saturated heterocycles. The third-order valence-corrected chi connectivity index (χ3v) is 0.888. The van der Waals surface area contributed by atoms with E-state index in [9.17, 15) is 11.6 Å². The van der Waals surface area contributed by atoms with Crippen LogP contribution in [0.4, 0.5) is 4.79 Å². The van der Waals surface area contributed by atoms with Gasteiger partial charge in [-0.05, 0) is 0 Å². The molecule has 7 heavy (non-hydrogen) atoms. The van der Waals surface area contributed by atoms with Gasteiger partial charge in [-0.3, -0.25) is 0 Å². The average Bonchev–Trinajstić information content (AvgIpc) is 1.27. The van der Waals surface area contributed by atoms with Gasteiger partial charge in [-0.1, -0.05) is 0 Å². The molecular formula is CH2MoNO4. The number of amides is 1. The van der Waals surface area contributed by atoms with E-state index in [1.807, 2.05) is 0 Å². The maximum absolute atomic E-state index is 9.45. The summed E-state index contributed by atoms with van der Waals surface area (Å²) in [6, 6.07) is 0. The van der Waals surface area contributed by atoms with Crippen LogP contribution in [-0.4, -0.2) is 6.09 Å². The molecule has 0 saturated carbocycles. The van der Waals surface area contributed by atoms with Crippen LogP contribution in [0.15, 0.2) is 0 Å². The van der Waals surface area contributed by atoms with Crippen molar-refractivity contribution >= 4 is 6.09 Å². The first kappa shape index (κ1) is 6.56. The number of hydrogen-bond acceptors (Lipinski definition) is 4. The summed E-state index contributed by atoms with van der Waals surface area (Å²) in [5.74, 6) is 0. The van der Waals surface area contributed by atoms with E-state index in [0.717, 1.165) is 0 Å². The first-order valence-corrected chi connectivity index (χ1v) is 3.65. The molecule has 0 spiro atoms. The van der Waals surface area contributed by atoms with Gasteiger partial charge in [0, 0.05) is 0 Å². The number of carbonyl (C=O) groups is 1. The van der Waals surface area contributed by atoms with Crippen LogP contribution in [-0.2, 0) is 27.8 Å². The van der Waals surface area contributed by atoms with Gasteiger partial charge in [0.1, 0.15) is 0 Å². The molecule has 0 unspecified atom stereocenters. The van der Waals surface area contributed by atoms with E-state index < -0.39 is 23.7 Å². The number of nitrogens with two attached hydrogens (primary N) is 1. The summed E-state index contributed by atoms with van der Waals surface area (Å²) < 4.78 is 22.3. The maximum atomic E-state index is 9.45. The standard InChI is InChI=1S/CH3NO2.Mo.2O/c2-1(3)4;;;/h2H2,(H,3,4);;;/q;+1;;/p-1. The van der Waals surface area contributed by atoms with E-state index >= 15 is 0 Å². The van der Waals surface area contributed by atoms with Crippen LogP contribution in [0, 0.1) is 0 Å². The van der Waals surface area contributed by atoms with Crippen molar-refractivity contribution in [3.8, 4) is 0 Å². The minimum absolute atomic E-state index is 1.26. The summed E-state index contributed by atoms with van der Waals surface area (Å²) in [7, 11) is 0. The number of primary amides is 1. The van der Waals surface area contributed by atoms with Crippen LogP contribution in [0.1, 0.15) is 0 Å². The SMILES string of the molecule is NC(=O)[O][Mo](=[O])=[O]. The van der Waals surface area contributed by atoms with Crippen molar-refractivity contribution in [2.45, 2.75) is 0 Å². The fourth-order valence-electron chi connectivity index (χ4n) is 0.0671. The Morgan fingerprint density at radius 2 is 2.00 bits per heavy atom. The third-order valence-electron chi connectivity index (χ3n) is 0.150. The molecule has 0 aromatic heterocycles. The number of carbonyl (C=O) groups excluding carboxylic acids is 1. The second-order valence-electron chi connectivity index (χ2n) is 0.606. The molecule has 2 N–H and O–H groups in total. The van der Waals surface area contributed by atoms with Crippen molar-refractivity contribution in [1.82, 2.24) is 0 Å². The first-order chi connectivity index (χ1) is 3.13. The Hall–Kier alpha value is -0.442. The van der Waals surface area contributed by atoms with Gasteiger partial charge in [0.15, 0.2) is 0 Å². The molecule has 0 heterocycles. The number of rotatable bonds is 1. The topological polar surface area (TPSA) is 86.5 Å². The summed E-state index contributed by atoms with van der Waals surface area (Å²) in [6.45, 7) is 0. The van der Waals surface area contributed by atoms with E-state index in [2.05, 4.69) is 9.12 Å². The molecule has 0 fully saturated rings. The van der Waals surface area contributed by atoms with Crippen LogP contribution in [0.3, 0.4) is 0 Å². The van der Waals surface area contributed by atoms with Crippen molar-refractivity contribution in [2.75, 3.05) is 0 Å². The second-order valence-corrected chi connectivity index (χ2v) is 2.02. The van der Waals surface area contributed by atoms with Crippen LogP contribution >= 0.6 is 0 Å². The summed E-state index contributed by atoms with van der Waals surface area (Å²) >= 11 is -3.95. The average molecular weight is 188 g/mol. The Bertz CT molecular complexity index is 129. The molecule has 0 rings (SSSR count). The Morgan fingerprint density at radius 1 is 1.57 bits per heavy atom. The molecule has 5 nitrogen and oxygen atoms in total. The Labute approximate surface area is 45.1 Å². The van der Waals surface area contributed by atoms with Gasteiger partial charge in [-0.25, -0.2) is 0 Å². The summed E-state index contributed by atoms with van der Waals surface area (Å²) in [5.41, 5.74) is 4.27. The molecule has 0 bridgehead atoms. The van der Waals surface area contributed by atoms with Gasteiger partial charge in [0.2, 0.25) is 0 Å². The Kier molecular flexibility index (Phi) is 2.52. The molecule has 0 aliphatic heterocycles. The van der Waals surface area contributed by atoms with E-state index in [1.54, 1.807) is 0 Å². The van der Waals surface area contributed by atoms with E-state index in [-0.39, 0.29) is 0 Å². The van der Waals surface area contributed by atoms with E-state index in [0.29, 0.717) is 0 Å². The molecule has 0 aliphatic carbocycles. The monoisotopic (exact) mass is 190 g/mol. The first-order valence-electron chi connectivity index (χ1n) is 1.20. The second kappa shape index (κ2) is 2.69. The van der Waals surface area contributed by atoms with Crippen molar-refractivity contribution in [3.05, 3.63) is 0 Å². The predicted octanol–water partition coefficient (Wildman–Crippen LogP) is -0.694. The predicted molar refractivity (Wildman–Crippen MR) is 12.0 cm³/mol. The van der Waals surface area contributed by atoms with Crippen molar-refractivity contribution < 1.29 is 32.6 Å². The van der Waals surface area contributed by atoms with Gasteiger partial charge in [0.05, 0.1) is 0 Å². The Morgan fingerprint density at radius 3 is 2.00 bits per heavy atom. The fraction of sp³-hybridized carbons (Fsp3) is 0. The molecule has 0 atom stereocenters. The van der Waals surface area contributed by atoms with Gasteiger partial charge in [-0.2, -0.15) is 0 Å². The fourth-order valence-corrected chi connectivity index (χ4v) is 0.397. The zero-order valence-corrected chi connectivity index (χ0v) is 5.13. The Balaban J connectivity index is 3.53. The molecule has 6 heteroatoms. The van der Waals surface area contributed by atoms with Gasteiger partial charge in [-0.15, -0.1) is 0 Å². The van der Waals surface area contributed by atoms with Gasteiger partial charge >= 0.3 is 44.4 Å². The van der Waals surface area contributed by atoms with Crippen molar-refractivity contribution in [1.29, 1.82) is 0 Å². The molecule has 0 aliphatic rings. The zero-order valence-electron chi connectivity index (χ0n) is 3.12. The van der Waals surface area contributed by atoms with Crippen LogP contribution in [0.25, 0.3) is 0 Å². The quantitative estimate of drug-likeness (QED) is 0.551. The molecule has 0 aromatic rings. The molecule has 41 valence electrons. The van der Waals surface area contributed by atoms with Crippen molar-refractivity contribution in [2.24, 2.45) is 5.73 Å². The van der Waals surface area contributed by atoms with Crippen molar-refractivity contribution in [3.63, 3.8) is 0 Å². The van der Waals surface area contributed by atoms with Gasteiger partial charge < -0.3 is 0 Å². The molecule has 1 amide bonds. The van der Waals surface area contributed by atoms with E-state index in [1.165, 1.54) is 0 Å². The van der Waals surface area contributed by atoms with E-state index in [4.69, 9.17) is 0 Å². The zero-order chi connectivity index (χ0) is 5.86. The summed E-state index contributed by atoms with van der Waals surface area (Å²) in [6.07, 6.45) is -1.26. The number of hydrogen-bond donors (Lipinski definition) is 1. The molecular weight excluding hydrogens is 186 g/mol. The summed E-state index contributed by atoms with van der Waals surface area (Å²) in [5, 5.41) is 0. The molecule has 0 aromatic carbocycles. The van der Waals surface area contributed by atoms with Crippen LogP contribution in [0.5, 0.6) is 0 Å². The normalized spacial score (nSPS) is 7.43. The van der Waals surface area contributed by atoms with Gasteiger partial charge in [0.25, 0.3) is 0 Å².